The summed E-state index contributed by atoms with van der Waals surface area (Å²) in [5.41, 5.74) is 0. The average Bonchev–Trinajstić information content (AvgIpc) is 2.20. The van der Waals surface area contributed by atoms with Crippen molar-refractivity contribution >= 4 is 29.2 Å². The van der Waals surface area contributed by atoms with Gasteiger partial charge in [0.25, 0.3) is 0 Å². The largest absolute Gasteiger partial charge is 0.480 e. The fourth-order valence-electron chi connectivity index (χ4n) is 0.629. The van der Waals surface area contributed by atoms with Crippen molar-refractivity contribution in [2.75, 3.05) is 13.2 Å². The summed E-state index contributed by atoms with van der Waals surface area (Å²) in [5.74, 6) is -0.915. The molecule has 1 N–H and O–H groups in total. The zero-order valence-electron chi connectivity index (χ0n) is 8.24. The first-order valence-electron chi connectivity index (χ1n) is 4.27. The van der Waals surface area contributed by atoms with E-state index in [-0.39, 0.29) is 6.61 Å². The Kier molecular flexibility index (Phi) is 8.09. The van der Waals surface area contributed by atoms with Gasteiger partial charge in [0.1, 0.15) is 6.61 Å². The van der Waals surface area contributed by atoms with Crippen LogP contribution in [0.25, 0.3) is 0 Å². The maximum absolute atomic E-state index is 9.63. The highest BCUT2D eigenvalue weighted by Crippen LogP contribution is 2.19. The molecule has 0 aliphatic rings. The van der Waals surface area contributed by atoms with Crippen LogP contribution in [0.15, 0.2) is 24.3 Å². The summed E-state index contributed by atoms with van der Waals surface area (Å²) in [7, 11) is 0. The lowest BCUT2D eigenvalue weighted by atomic mass is 10.4. The zero-order chi connectivity index (χ0) is 11.7. The summed E-state index contributed by atoms with van der Waals surface area (Å²) >= 11 is 11.2. The first kappa shape index (κ1) is 14.2. The summed E-state index contributed by atoms with van der Waals surface area (Å²) in [6.45, 7) is 2.03. The van der Waals surface area contributed by atoms with Crippen LogP contribution >= 0.6 is 23.2 Å². The molecule has 0 radical (unpaired) electrons. The Balaban J connectivity index is 0.000000265. The molecule has 1 aromatic rings. The van der Waals surface area contributed by atoms with Gasteiger partial charge in [0.2, 0.25) is 0 Å². The molecule has 0 unspecified atom stereocenters. The molecule has 5 heteroatoms. The molecule has 0 atom stereocenters. The second kappa shape index (κ2) is 8.53. The summed E-state index contributed by atoms with van der Waals surface area (Å²) in [5, 5.41) is 9.13. The minimum atomic E-state index is -0.915. The van der Waals surface area contributed by atoms with Gasteiger partial charge >= 0.3 is 5.97 Å². The molecular weight excluding hydrogens is 239 g/mol. The highest BCUT2D eigenvalue weighted by Gasteiger charge is 1.90. The second-order valence-electron chi connectivity index (χ2n) is 2.44. The molecule has 3 nitrogen and oxygen atoms in total. The van der Waals surface area contributed by atoms with Gasteiger partial charge in [0.05, 0.1) is 10.0 Å². The van der Waals surface area contributed by atoms with Crippen molar-refractivity contribution in [3.63, 3.8) is 0 Å². The third-order valence-electron chi connectivity index (χ3n) is 1.25. The zero-order valence-corrected chi connectivity index (χ0v) is 9.76. The first-order chi connectivity index (χ1) is 7.07. The van der Waals surface area contributed by atoms with E-state index in [2.05, 4.69) is 4.74 Å². The molecule has 0 heterocycles. The van der Waals surface area contributed by atoms with Crippen molar-refractivity contribution in [3.05, 3.63) is 34.3 Å². The summed E-state index contributed by atoms with van der Waals surface area (Å²) in [4.78, 5) is 9.63. The standard InChI is InChI=1S/C6H4Cl2.C4H8O3/c7-5-3-1-2-4-6(5)8;1-2-7-3-4(5)6/h1-4H;2-3H2,1H3,(H,5,6). The fourth-order valence-corrected chi connectivity index (χ4v) is 0.900. The number of hydrogen-bond donors (Lipinski definition) is 1. The Morgan fingerprint density at radius 1 is 1.33 bits per heavy atom. The lowest BCUT2D eigenvalue weighted by Crippen LogP contribution is -2.05. The maximum atomic E-state index is 9.63. The predicted molar refractivity (Wildman–Crippen MR) is 60.6 cm³/mol. The third-order valence-corrected chi connectivity index (χ3v) is 2.01. The van der Waals surface area contributed by atoms with Crippen LogP contribution in [-0.2, 0) is 9.53 Å². The maximum Gasteiger partial charge on any atom is 0.329 e. The molecule has 0 aliphatic carbocycles. The van der Waals surface area contributed by atoms with Crippen LogP contribution in [0.1, 0.15) is 6.92 Å². The van der Waals surface area contributed by atoms with Gasteiger partial charge in [-0.25, -0.2) is 4.79 Å². The van der Waals surface area contributed by atoms with Crippen LogP contribution in [0.3, 0.4) is 0 Å². The van der Waals surface area contributed by atoms with Gasteiger partial charge in [-0.2, -0.15) is 0 Å². The molecule has 1 aromatic carbocycles. The quantitative estimate of drug-likeness (QED) is 0.897. The van der Waals surface area contributed by atoms with Gasteiger partial charge in [-0.3, -0.25) is 0 Å². The topological polar surface area (TPSA) is 46.5 Å². The van der Waals surface area contributed by atoms with Crippen LogP contribution in [0, 0.1) is 0 Å². The number of benzene rings is 1. The van der Waals surface area contributed by atoms with Gasteiger partial charge in [-0.15, -0.1) is 0 Å². The van der Waals surface area contributed by atoms with E-state index in [1.54, 1.807) is 19.1 Å². The molecule has 0 amide bonds. The van der Waals surface area contributed by atoms with Crippen molar-refractivity contribution in [2.24, 2.45) is 0 Å². The van der Waals surface area contributed by atoms with Crippen LogP contribution in [0.2, 0.25) is 10.0 Å². The molecule has 0 fully saturated rings. The van der Waals surface area contributed by atoms with E-state index in [9.17, 15) is 4.79 Å². The molecule has 84 valence electrons. The monoisotopic (exact) mass is 250 g/mol. The Labute approximate surface area is 98.6 Å². The Morgan fingerprint density at radius 2 is 1.80 bits per heavy atom. The van der Waals surface area contributed by atoms with E-state index in [0.717, 1.165) is 0 Å². The molecule has 0 saturated carbocycles. The summed E-state index contributed by atoms with van der Waals surface area (Å²) in [6.07, 6.45) is 0. The van der Waals surface area contributed by atoms with Crippen LogP contribution < -0.4 is 0 Å². The van der Waals surface area contributed by atoms with Gasteiger partial charge in [-0.1, -0.05) is 35.3 Å². The highest BCUT2D eigenvalue weighted by molar-refractivity contribution is 6.41. The molecule has 0 saturated heterocycles. The molecule has 0 aliphatic heterocycles. The minimum Gasteiger partial charge on any atom is -0.480 e. The van der Waals surface area contributed by atoms with Gasteiger partial charge < -0.3 is 9.84 Å². The Bertz CT molecular complexity index is 281. The minimum absolute atomic E-state index is 0.184. The number of carbonyl (C=O) groups is 1. The van der Waals surface area contributed by atoms with Gasteiger partial charge in [-0.05, 0) is 19.1 Å². The molecule has 0 aromatic heterocycles. The van der Waals surface area contributed by atoms with E-state index in [0.29, 0.717) is 16.7 Å². The lowest BCUT2D eigenvalue weighted by Gasteiger charge is -1.90. The molecule has 0 bridgehead atoms. The smallest absolute Gasteiger partial charge is 0.329 e. The summed E-state index contributed by atoms with van der Waals surface area (Å²) in [6, 6.07) is 7.19. The number of ether oxygens (including phenoxy) is 1. The molecule has 15 heavy (non-hydrogen) atoms. The van der Waals surface area contributed by atoms with Crippen LogP contribution in [0.4, 0.5) is 0 Å². The highest BCUT2D eigenvalue weighted by atomic mass is 35.5. The number of aliphatic carboxylic acids is 1. The molecule has 0 spiro atoms. The van der Waals surface area contributed by atoms with E-state index in [1.807, 2.05) is 12.1 Å². The second-order valence-corrected chi connectivity index (χ2v) is 3.26. The number of halogens is 2. The number of carboxylic acids is 1. The van der Waals surface area contributed by atoms with Crippen molar-refractivity contribution < 1.29 is 14.6 Å². The molecular formula is C10H12Cl2O3. The van der Waals surface area contributed by atoms with E-state index >= 15 is 0 Å². The van der Waals surface area contributed by atoms with Crippen molar-refractivity contribution in [3.8, 4) is 0 Å². The number of carboxylic acid groups (broad SMARTS) is 1. The normalized spacial score (nSPS) is 9.00. The number of hydrogen-bond acceptors (Lipinski definition) is 2. The first-order valence-corrected chi connectivity index (χ1v) is 5.03. The molecule has 1 rings (SSSR count). The van der Waals surface area contributed by atoms with Crippen molar-refractivity contribution in [2.45, 2.75) is 6.92 Å². The Hall–Kier alpha value is -0.770. The predicted octanol–water partition coefficient (Wildman–Crippen LogP) is 3.10. The number of rotatable bonds is 3. The van der Waals surface area contributed by atoms with E-state index in [1.165, 1.54) is 0 Å². The van der Waals surface area contributed by atoms with E-state index in [4.69, 9.17) is 28.3 Å². The van der Waals surface area contributed by atoms with Crippen molar-refractivity contribution in [1.29, 1.82) is 0 Å². The fraction of sp³-hybridized carbons (Fsp3) is 0.300. The third kappa shape index (κ3) is 8.24. The Morgan fingerprint density at radius 3 is 2.00 bits per heavy atom. The summed E-state index contributed by atoms with van der Waals surface area (Å²) < 4.78 is 4.50. The van der Waals surface area contributed by atoms with E-state index < -0.39 is 5.97 Å². The van der Waals surface area contributed by atoms with Crippen LogP contribution in [-0.4, -0.2) is 24.3 Å². The SMILES string of the molecule is CCOCC(=O)O.Clc1ccccc1Cl. The lowest BCUT2D eigenvalue weighted by molar-refractivity contribution is -0.142. The average molecular weight is 251 g/mol. The van der Waals surface area contributed by atoms with Crippen LogP contribution in [0.5, 0.6) is 0 Å². The van der Waals surface area contributed by atoms with Crippen molar-refractivity contribution in [1.82, 2.24) is 0 Å². The van der Waals surface area contributed by atoms with Gasteiger partial charge in [0, 0.05) is 6.61 Å². The van der Waals surface area contributed by atoms with Gasteiger partial charge in [0.15, 0.2) is 0 Å².